The highest BCUT2D eigenvalue weighted by Gasteiger charge is 2.56. The molecule has 1 aromatic heterocycles. The Morgan fingerprint density at radius 3 is 1.82 bits per heavy atom. The van der Waals surface area contributed by atoms with Crippen LogP contribution in [0.25, 0.3) is 10.9 Å². The van der Waals surface area contributed by atoms with Crippen molar-refractivity contribution < 1.29 is 56.9 Å². The Morgan fingerprint density at radius 1 is 0.691 bits per heavy atom. The molecule has 0 radical (unpaired) electrons. The Bertz CT molecular complexity index is 3480. The van der Waals surface area contributed by atoms with Gasteiger partial charge in [-0.25, -0.2) is 26.8 Å². The summed E-state index contributed by atoms with van der Waals surface area (Å²) in [5, 5.41) is 37.9. The van der Waals surface area contributed by atoms with Crippen molar-refractivity contribution in [1.82, 2.24) is 45.3 Å². The highest BCUT2D eigenvalue weighted by Crippen LogP contribution is 2.61. The number of thioether (sulfide) groups is 1. The van der Waals surface area contributed by atoms with Crippen molar-refractivity contribution in [3.63, 3.8) is 0 Å². The summed E-state index contributed by atoms with van der Waals surface area (Å²) in [6.07, 6.45) is 21.0. The van der Waals surface area contributed by atoms with Crippen LogP contribution in [0.3, 0.4) is 0 Å². The van der Waals surface area contributed by atoms with Crippen LogP contribution >= 0.6 is 11.8 Å². The maximum absolute atomic E-state index is 14.6. The van der Waals surface area contributed by atoms with Gasteiger partial charge >= 0.3 is 18.0 Å². The van der Waals surface area contributed by atoms with Gasteiger partial charge < -0.3 is 56.2 Å². The number of nitrogens with zero attached hydrogens (tertiary/aromatic N) is 4. The number of amides is 8. The average molecular weight is 1370 g/mol. The lowest BCUT2D eigenvalue weighted by Gasteiger charge is -2.57. The number of aliphatic hydroxyl groups excluding tert-OH is 1. The Labute approximate surface area is 576 Å². The van der Waals surface area contributed by atoms with Crippen LogP contribution in [0, 0.1) is 30.1 Å². The van der Waals surface area contributed by atoms with E-state index in [4.69, 9.17) is 4.74 Å². The highest BCUT2D eigenvalue weighted by molar-refractivity contribution is 8.00. The lowest BCUT2D eigenvalue weighted by Crippen LogP contribution is -2.55. The van der Waals surface area contributed by atoms with Gasteiger partial charge in [0.1, 0.15) is 18.5 Å². The van der Waals surface area contributed by atoms with Gasteiger partial charge in [0.25, 0.3) is 10.0 Å². The van der Waals surface area contributed by atoms with Gasteiger partial charge in [-0.3, -0.25) is 19.2 Å². The number of hydrogen-bond acceptors (Lipinski definition) is 12. The Hall–Kier alpha value is -6.85. The summed E-state index contributed by atoms with van der Waals surface area (Å²) in [5.74, 6) is 3.00. The minimum absolute atomic E-state index is 0.00692. The molecule has 23 heteroatoms. The summed E-state index contributed by atoms with van der Waals surface area (Å²) in [6.45, 7) is 5.92. The number of carboxylic acids is 1. The largest absolute Gasteiger partial charge is 0.490 e. The molecule has 0 spiro atoms. The summed E-state index contributed by atoms with van der Waals surface area (Å²) in [4.78, 5) is 96.5. The number of rotatable bonds is 34. The SMILES string of the molecule is Cc1ccc(S(=O)(=O)n2ccc3c(OCC(O)CN(CCCCCNC(=O)CCCCCNC(=O)CCCCCNC(=O)CCCC[C@@H]4SC[C@@H]5NC(=O)N[C@@H]54)C(=O)N4CCC(c5cc(C(=O)O)cc(C6CCN(C(=O)C78CC9CC(CC(C9)C7)C8)CC6)c5)CC4)cccc32)cc1. The van der Waals surface area contributed by atoms with Crippen LogP contribution in [0.2, 0.25) is 0 Å². The van der Waals surface area contributed by atoms with Crippen molar-refractivity contribution in [2.75, 3.05) is 71.3 Å². The molecule has 97 heavy (non-hydrogen) atoms. The summed E-state index contributed by atoms with van der Waals surface area (Å²) in [6, 6.07) is 19.4. The number of nitrogens with one attached hydrogen (secondary N) is 5. The van der Waals surface area contributed by atoms with Crippen LogP contribution in [0.15, 0.2) is 77.8 Å². The van der Waals surface area contributed by atoms with Crippen molar-refractivity contribution in [1.29, 1.82) is 0 Å². The maximum Gasteiger partial charge on any atom is 0.335 e. The molecule has 1 unspecified atom stereocenters. The van der Waals surface area contributed by atoms with Gasteiger partial charge in [-0.2, -0.15) is 11.8 Å². The Balaban J connectivity index is 0.601. The number of likely N-dealkylation sites (tertiary alicyclic amines) is 2. The van der Waals surface area contributed by atoms with Crippen molar-refractivity contribution in [3.8, 4) is 5.75 Å². The lowest BCUT2D eigenvalue weighted by molar-refractivity contribution is -0.158. The molecule has 5 heterocycles. The fourth-order valence-electron chi connectivity index (χ4n) is 17.0. The number of hydrogen-bond donors (Lipinski definition) is 7. The van der Waals surface area contributed by atoms with Gasteiger partial charge in [0.05, 0.1) is 40.0 Å². The third-order valence-electron chi connectivity index (χ3n) is 21.9. The quantitative estimate of drug-likeness (QED) is 0.0170. The number of aliphatic hydroxyl groups is 1. The number of piperidine rings is 2. The lowest BCUT2D eigenvalue weighted by atomic mass is 9.49. The molecule has 4 saturated heterocycles. The predicted molar refractivity (Wildman–Crippen MR) is 374 cm³/mol. The van der Waals surface area contributed by atoms with Crippen molar-refractivity contribution >= 4 is 74.3 Å². The van der Waals surface area contributed by atoms with Crippen LogP contribution in [-0.4, -0.2) is 174 Å². The fourth-order valence-corrected chi connectivity index (χ4v) is 19.9. The van der Waals surface area contributed by atoms with Gasteiger partial charge in [0.15, 0.2) is 0 Å². The number of carbonyl (C=O) groups excluding carboxylic acids is 6. The minimum Gasteiger partial charge on any atom is -0.490 e. The number of fused-ring (bicyclic) bond motifs is 2. The molecule has 4 aliphatic carbocycles. The fraction of sp³-hybridized carbons (Fsp3) is 0.635. The van der Waals surface area contributed by atoms with Gasteiger partial charge in [0.2, 0.25) is 23.6 Å². The second kappa shape index (κ2) is 33.3. The molecular weight excluding hydrogens is 1270 g/mol. The first-order valence-corrected chi connectivity index (χ1v) is 38.8. The van der Waals surface area contributed by atoms with Gasteiger partial charge in [-0.05, 0) is 212 Å². The first-order chi connectivity index (χ1) is 46.9. The molecule has 12 rings (SSSR count). The van der Waals surface area contributed by atoms with Crippen LogP contribution in [0.4, 0.5) is 9.59 Å². The molecule has 8 aliphatic rings. The second-order valence-corrected chi connectivity index (χ2v) is 32.2. The predicted octanol–water partition coefficient (Wildman–Crippen LogP) is 10.2. The molecule has 4 aromatic rings. The molecule has 8 fully saturated rings. The standard InChI is InChI=1S/C74H103N9O12S2/c1-50-20-22-60(23-21-50)97(93,94)83-37-28-61-63(83)14-13-15-64(61)95-48-59(84)47-82(32-12-4-11-31-77-67(86)18-6-2-9-29-75-66(85)17-5-3-10-30-76-68(87)19-8-7-16-65-69-62(49-96-65)78-72(91)79-69)73(92)81-35-26-55(27-36-81)57-41-56(42-58(43-57)70(88)89)54-24-33-80(34-25-54)71(90)74-44-51-38-52(45-74)40-53(39-51)46-74/h13-15,20-23,28,37,41-43,51-55,59,62,65,69,84H,2-12,16-19,24-27,29-36,38-40,44-49H2,1H3,(H,75,85)(H,76,87)(H,77,86)(H,88,89)(H2,78,79,91)/t51?,52?,53?,59?,62-,65-,69-,74?/m0/s1. The number of carbonyl (C=O) groups is 7. The number of aryl methyl sites for hydroxylation is 1. The zero-order chi connectivity index (χ0) is 68.1. The molecule has 7 N–H and O–H groups in total. The van der Waals surface area contributed by atoms with E-state index in [1.807, 2.05) is 29.7 Å². The summed E-state index contributed by atoms with van der Waals surface area (Å²) in [5.41, 5.74) is 3.40. The average Bonchev–Trinajstić information content (AvgIpc) is 1.30. The first kappa shape index (κ1) is 71.4. The maximum atomic E-state index is 14.6. The smallest absolute Gasteiger partial charge is 0.335 e. The van der Waals surface area contributed by atoms with E-state index < -0.39 is 22.1 Å². The van der Waals surface area contributed by atoms with Gasteiger partial charge in [-0.1, -0.05) is 49.1 Å². The normalized spacial score (nSPS) is 23.4. The Morgan fingerprint density at radius 2 is 1.25 bits per heavy atom. The van der Waals surface area contributed by atoms with E-state index in [9.17, 15) is 52.2 Å². The third-order valence-corrected chi connectivity index (χ3v) is 25.1. The number of benzene rings is 3. The van der Waals surface area contributed by atoms with E-state index in [-0.39, 0.29) is 82.7 Å². The van der Waals surface area contributed by atoms with E-state index in [2.05, 4.69) is 37.6 Å². The molecule has 4 saturated carbocycles. The van der Waals surface area contributed by atoms with Crippen LogP contribution in [0.1, 0.15) is 199 Å². The third kappa shape index (κ3) is 18.5. The number of aromatic carboxylic acids is 1. The van der Waals surface area contributed by atoms with Crippen molar-refractivity contribution in [3.05, 3.63) is 95.2 Å². The zero-order valence-corrected chi connectivity index (χ0v) is 58.3. The molecular formula is C74H103N9O12S2. The zero-order valence-electron chi connectivity index (χ0n) is 56.7. The van der Waals surface area contributed by atoms with E-state index in [1.165, 1.54) is 29.4 Å². The second-order valence-electron chi connectivity index (χ2n) is 29.1. The molecule has 8 amide bonds. The first-order valence-electron chi connectivity index (χ1n) is 36.3. The molecule has 4 bridgehead atoms. The summed E-state index contributed by atoms with van der Waals surface area (Å²) in [7, 11) is -3.92. The summed E-state index contributed by atoms with van der Waals surface area (Å²) < 4.78 is 34.9. The van der Waals surface area contributed by atoms with E-state index in [1.54, 1.807) is 59.5 Å². The molecule has 3 aromatic carbocycles. The van der Waals surface area contributed by atoms with E-state index >= 15 is 0 Å². The monoisotopic (exact) mass is 1370 g/mol. The van der Waals surface area contributed by atoms with E-state index in [0.717, 1.165) is 106 Å². The molecule has 4 atom stereocenters. The molecule has 4 aliphatic heterocycles. The summed E-state index contributed by atoms with van der Waals surface area (Å²) >= 11 is 1.89. The van der Waals surface area contributed by atoms with Crippen LogP contribution < -0.4 is 31.3 Å². The number of urea groups is 2. The topological polar surface area (TPSA) is 278 Å². The van der Waals surface area contributed by atoms with Crippen molar-refractivity contribution in [2.45, 2.75) is 208 Å². The number of aromatic nitrogens is 1. The van der Waals surface area contributed by atoms with E-state index in [0.29, 0.717) is 156 Å². The highest BCUT2D eigenvalue weighted by atomic mass is 32.2. The number of unbranched alkanes of at least 4 members (excludes halogenated alkanes) is 7. The van der Waals surface area contributed by atoms with Crippen molar-refractivity contribution in [2.24, 2.45) is 23.2 Å². The minimum atomic E-state index is -3.92. The number of carboxylic acid groups (broad SMARTS) is 1. The molecule has 21 nitrogen and oxygen atoms in total. The van der Waals surface area contributed by atoms with Gasteiger partial charge in [-0.15, -0.1) is 0 Å². The number of ether oxygens (including phenoxy) is 1. The Kier molecular flexibility index (Phi) is 24.6. The van der Waals surface area contributed by atoms with Crippen LogP contribution in [-0.2, 0) is 29.2 Å². The van der Waals surface area contributed by atoms with Gasteiger partial charge in [0, 0.05) is 94.2 Å². The molecule has 528 valence electrons. The van der Waals surface area contributed by atoms with Crippen LogP contribution in [0.5, 0.6) is 5.75 Å².